The Kier molecular flexibility index (Phi) is 4.98. The first-order valence-electron chi connectivity index (χ1n) is 7.99. The van der Waals surface area contributed by atoms with Gasteiger partial charge in [-0.2, -0.15) is 4.98 Å². The predicted molar refractivity (Wildman–Crippen MR) is 95.8 cm³/mol. The van der Waals surface area contributed by atoms with Gasteiger partial charge in [-0.25, -0.2) is 4.98 Å². The lowest BCUT2D eigenvalue weighted by Crippen LogP contribution is -2.46. The lowest BCUT2D eigenvalue weighted by Gasteiger charge is -2.34. The maximum Gasteiger partial charge on any atom is 0.227 e. The molecule has 122 valence electrons. The quantitative estimate of drug-likeness (QED) is 0.931. The van der Waals surface area contributed by atoms with E-state index in [1.165, 1.54) is 0 Å². The maximum absolute atomic E-state index is 6.04. The van der Waals surface area contributed by atoms with Crippen LogP contribution in [-0.2, 0) is 0 Å². The molecular formula is C17H22ClN5. The highest BCUT2D eigenvalue weighted by Crippen LogP contribution is 2.21. The molecule has 1 aromatic carbocycles. The van der Waals surface area contributed by atoms with Crippen LogP contribution in [0.5, 0.6) is 0 Å². The minimum absolute atomic E-state index is 0.705. The Hall–Kier alpha value is -1.85. The van der Waals surface area contributed by atoms with E-state index in [1.807, 2.05) is 37.3 Å². The zero-order valence-corrected chi connectivity index (χ0v) is 14.3. The first-order chi connectivity index (χ1) is 11.1. The van der Waals surface area contributed by atoms with Crippen molar-refractivity contribution in [2.75, 3.05) is 42.9 Å². The Labute approximate surface area is 142 Å². The molecular weight excluding hydrogens is 310 g/mol. The minimum atomic E-state index is 0.705. The fraction of sp³-hybridized carbons (Fsp3) is 0.412. The molecule has 6 heteroatoms. The number of rotatable bonds is 4. The van der Waals surface area contributed by atoms with Crippen molar-refractivity contribution in [3.8, 4) is 0 Å². The molecule has 5 nitrogen and oxygen atoms in total. The van der Waals surface area contributed by atoms with Crippen LogP contribution >= 0.6 is 11.6 Å². The Morgan fingerprint density at radius 3 is 2.61 bits per heavy atom. The van der Waals surface area contributed by atoms with Crippen LogP contribution < -0.4 is 10.2 Å². The third-order valence-corrected chi connectivity index (χ3v) is 4.28. The molecule has 23 heavy (non-hydrogen) atoms. The van der Waals surface area contributed by atoms with Gasteiger partial charge in [0.1, 0.15) is 5.82 Å². The van der Waals surface area contributed by atoms with Crippen molar-refractivity contribution in [1.29, 1.82) is 0 Å². The van der Waals surface area contributed by atoms with E-state index in [0.717, 1.165) is 55.9 Å². The average molecular weight is 332 g/mol. The number of aryl methyl sites for hydroxylation is 1. The van der Waals surface area contributed by atoms with Gasteiger partial charge >= 0.3 is 0 Å². The van der Waals surface area contributed by atoms with Gasteiger partial charge in [0.15, 0.2) is 0 Å². The van der Waals surface area contributed by atoms with E-state index in [-0.39, 0.29) is 0 Å². The number of halogens is 1. The molecule has 2 aromatic rings. The number of aromatic nitrogens is 2. The molecule has 0 aliphatic carbocycles. The van der Waals surface area contributed by atoms with Crippen LogP contribution in [0, 0.1) is 6.92 Å². The van der Waals surface area contributed by atoms with Crippen LogP contribution in [0.1, 0.15) is 12.6 Å². The number of benzene rings is 1. The molecule has 1 saturated heterocycles. The first-order valence-corrected chi connectivity index (χ1v) is 8.37. The summed E-state index contributed by atoms with van der Waals surface area (Å²) in [5.74, 6) is 1.60. The summed E-state index contributed by atoms with van der Waals surface area (Å²) in [6.45, 7) is 9.35. The van der Waals surface area contributed by atoms with E-state index in [0.29, 0.717) is 5.02 Å². The molecule has 1 fully saturated rings. The molecule has 1 N–H and O–H groups in total. The normalized spacial score (nSPS) is 15.7. The number of hydrogen-bond donors (Lipinski definition) is 1. The summed E-state index contributed by atoms with van der Waals surface area (Å²) in [5.41, 5.74) is 1.88. The van der Waals surface area contributed by atoms with Crippen LogP contribution in [0.4, 0.5) is 17.5 Å². The van der Waals surface area contributed by atoms with Crippen molar-refractivity contribution in [3.63, 3.8) is 0 Å². The van der Waals surface area contributed by atoms with E-state index in [9.17, 15) is 0 Å². The zero-order valence-electron chi connectivity index (χ0n) is 13.6. The van der Waals surface area contributed by atoms with E-state index in [1.54, 1.807) is 0 Å². The van der Waals surface area contributed by atoms with Gasteiger partial charge < -0.3 is 15.1 Å². The molecule has 3 rings (SSSR count). The van der Waals surface area contributed by atoms with Crippen molar-refractivity contribution in [2.45, 2.75) is 13.8 Å². The average Bonchev–Trinajstić information content (AvgIpc) is 2.54. The number of likely N-dealkylation sites (N-methyl/N-ethyl adjacent to an activating group) is 1. The molecule has 0 bridgehead atoms. The number of hydrogen-bond acceptors (Lipinski definition) is 5. The molecule has 1 aromatic heterocycles. The van der Waals surface area contributed by atoms with Gasteiger partial charge in [0.2, 0.25) is 5.95 Å². The van der Waals surface area contributed by atoms with Gasteiger partial charge in [-0.3, -0.25) is 0 Å². The van der Waals surface area contributed by atoms with Gasteiger partial charge in [-0.15, -0.1) is 0 Å². The third-order valence-electron chi connectivity index (χ3n) is 4.04. The highest BCUT2D eigenvalue weighted by atomic mass is 35.5. The Bertz CT molecular complexity index is 668. The molecule has 0 unspecified atom stereocenters. The highest BCUT2D eigenvalue weighted by Gasteiger charge is 2.18. The van der Waals surface area contributed by atoms with Crippen LogP contribution in [0.25, 0.3) is 0 Å². The molecule has 1 aliphatic heterocycles. The van der Waals surface area contributed by atoms with Crippen LogP contribution in [0.15, 0.2) is 30.3 Å². The van der Waals surface area contributed by atoms with Gasteiger partial charge in [-0.1, -0.05) is 24.6 Å². The van der Waals surface area contributed by atoms with Crippen molar-refractivity contribution < 1.29 is 0 Å². The number of piperazine rings is 1. The highest BCUT2D eigenvalue weighted by molar-refractivity contribution is 6.30. The molecule has 2 heterocycles. The van der Waals surface area contributed by atoms with Crippen molar-refractivity contribution in [3.05, 3.63) is 41.0 Å². The number of nitrogens with zero attached hydrogens (tertiary/aromatic N) is 4. The fourth-order valence-corrected chi connectivity index (χ4v) is 2.93. The van der Waals surface area contributed by atoms with Crippen LogP contribution in [-0.4, -0.2) is 47.6 Å². The molecule has 0 saturated carbocycles. The number of nitrogens with one attached hydrogen (secondary N) is 1. The molecule has 1 aliphatic rings. The van der Waals surface area contributed by atoms with E-state index < -0.39 is 0 Å². The summed E-state index contributed by atoms with van der Waals surface area (Å²) in [4.78, 5) is 14.0. The maximum atomic E-state index is 6.04. The second kappa shape index (κ2) is 7.15. The zero-order chi connectivity index (χ0) is 16.2. The molecule has 0 spiro atoms. The largest absolute Gasteiger partial charge is 0.340 e. The summed E-state index contributed by atoms with van der Waals surface area (Å²) in [6, 6.07) is 9.59. The Balaban J connectivity index is 1.77. The topological polar surface area (TPSA) is 44.3 Å². The van der Waals surface area contributed by atoms with Gasteiger partial charge in [0, 0.05) is 48.6 Å². The second-order valence-electron chi connectivity index (χ2n) is 5.75. The molecule has 0 amide bonds. The van der Waals surface area contributed by atoms with Crippen molar-refractivity contribution in [1.82, 2.24) is 14.9 Å². The van der Waals surface area contributed by atoms with Crippen LogP contribution in [0.3, 0.4) is 0 Å². The Morgan fingerprint density at radius 2 is 1.91 bits per heavy atom. The SMILES string of the molecule is CCN1CCN(c2nc(C)cc(Nc3cccc(Cl)c3)n2)CC1. The summed E-state index contributed by atoms with van der Waals surface area (Å²) < 4.78 is 0. The van der Waals surface area contributed by atoms with E-state index >= 15 is 0 Å². The van der Waals surface area contributed by atoms with Gasteiger partial charge in [0.05, 0.1) is 0 Å². The first kappa shape index (κ1) is 16.0. The van der Waals surface area contributed by atoms with Crippen molar-refractivity contribution in [2.24, 2.45) is 0 Å². The van der Waals surface area contributed by atoms with E-state index in [2.05, 4.69) is 32.0 Å². The standard InChI is InChI=1S/C17H22ClN5/c1-3-22-7-9-23(10-8-22)17-19-13(2)11-16(21-17)20-15-6-4-5-14(18)12-15/h4-6,11-12H,3,7-10H2,1-2H3,(H,19,20,21). The lowest BCUT2D eigenvalue weighted by molar-refractivity contribution is 0.270. The van der Waals surface area contributed by atoms with Gasteiger partial charge in [-0.05, 0) is 31.7 Å². The van der Waals surface area contributed by atoms with Crippen LogP contribution in [0.2, 0.25) is 5.02 Å². The Morgan fingerprint density at radius 1 is 1.13 bits per heavy atom. The summed E-state index contributed by atoms with van der Waals surface area (Å²) >= 11 is 6.04. The minimum Gasteiger partial charge on any atom is -0.340 e. The van der Waals surface area contributed by atoms with Gasteiger partial charge in [0.25, 0.3) is 0 Å². The van der Waals surface area contributed by atoms with E-state index in [4.69, 9.17) is 11.6 Å². The smallest absolute Gasteiger partial charge is 0.227 e. The lowest BCUT2D eigenvalue weighted by atomic mass is 10.3. The molecule has 0 radical (unpaired) electrons. The summed E-state index contributed by atoms with van der Waals surface area (Å²) in [6.07, 6.45) is 0. The predicted octanol–water partition coefficient (Wildman–Crippen LogP) is 3.32. The number of anilines is 3. The monoisotopic (exact) mass is 331 g/mol. The third kappa shape index (κ3) is 4.12. The fourth-order valence-electron chi connectivity index (χ4n) is 2.74. The summed E-state index contributed by atoms with van der Waals surface area (Å²) in [7, 11) is 0. The summed E-state index contributed by atoms with van der Waals surface area (Å²) in [5, 5.41) is 4.02. The second-order valence-corrected chi connectivity index (χ2v) is 6.19. The van der Waals surface area contributed by atoms with Crippen molar-refractivity contribution >= 4 is 29.1 Å². The molecule has 0 atom stereocenters.